The number of rotatable bonds is 6. The maximum Gasteiger partial charge on any atom is 0.289 e. The molecule has 1 amide bonds. The molecule has 1 N–H and O–H groups in total. The highest BCUT2D eigenvalue weighted by molar-refractivity contribution is 6.32. The Hall–Kier alpha value is -1.70. The fourth-order valence-corrected chi connectivity index (χ4v) is 2.17. The molecule has 8 heteroatoms. The Kier molecular flexibility index (Phi) is 5.49. The van der Waals surface area contributed by atoms with Gasteiger partial charge in [-0.25, -0.2) is 0 Å². The van der Waals surface area contributed by atoms with Gasteiger partial charge in [-0.2, -0.15) is 0 Å². The number of carbonyl (C=O) groups excluding carboxylic acids is 1. The quantitative estimate of drug-likeness (QED) is 0.643. The second-order valence-electron chi connectivity index (χ2n) is 4.62. The predicted molar refractivity (Wildman–Crippen MR) is 76.5 cm³/mol. The smallest absolute Gasteiger partial charge is 0.289 e. The number of hydrogen-bond donors (Lipinski definition) is 1. The van der Waals surface area contributed by atoms with E-state index in [9.17, 15) is 14.9 Å². The van der Waals surface area contributed by atoms with E-state index in [0.29, 0.717) is 12.3 Å². The molecule has 0 spiro atoms. The van der Waals surface area contributed by atoms with Gasteiger partial charge in [0.2, 0.25) is 5.91 Å². The first-order valence-electron chi connectivity index (χ1n) is 6.49. The Balaban J connectivity index is 1.81. The van der Waals surface area contributed by atoms with E-state index >= 15 is 0 Å². The van der Waals surface area contributed by atoms with E-state index < -0.39 is 4.92 Å². The maximum absolute atomic E-state index is 11.7. The van der Waals surface area contributed by atoms with Crippen LogP contribution in [0, 0.1) is 10.1 Å². The highest BCUT2D eigenvalue weighted by Gasteiger charge is 2.17. The Bertz CT molecular complexity index is 531. The minimum absolute atomic E-state index is 0.0210. The summed E-state index contributed by atoms with van der Waals surface area (Å²) in [7, 11) is 0. The summed E-state index contributed by atoms with van der Waals surface area (Å²) < 4.78 is 10.6. The van der Waals surface area contributed by atoms with Crippen molar-refractivity contribution in [3.63, 3.8) is 0 Å². The summed E-state index contributed by atoms with van der Waals surface area (Å²) in [4.78, 5) is 21.8. The Morgan fingerprint density at radius 1 is 1.57 bits per heavy atom. The van der Waals surface area contributed by atoms with Crippen molar-refractivity contribution in [3.05, 3.63) is 33.3 Å². The summed E-state index contributed by atoms with van der Waals surface area (Å²) >= 11 is 5.69. The van der Waals surface area contributed by atoms with Crippen molar-refractivity contribution in [2.45, 2.75) is 18.9 Å². The minimum atomic E-state index is -0.605. The van der Waals surface area contributed by atoms with Gasteiger partial charge in [-0.3, -0.25) is 14.9 Å². The first-order valence-corrected chi connectivity index (χ1v) is 6.87. The number of hydrogen-bond acceptors (Lipinski definition) is 5. The molecule has 0 saturated carbocycles. The number of nitrogens with one attached hydrogen (secondary N) is 1. The van der Waals surface area contributed by atoms with Crippen LogP contribution in [0.4, 0.5) is 11.4 Å². The average Bonchev–Trinajstić information content (AvgIpc) is 2.94. The van der Waals surface area contributed by atoms with Crippen molar-refractivity contribution < 1.29 is 19.2 Å². The van der Waals surface area contributed by atoms with Crippen LogP contribution in [0.2, 0.25) is 5.02 Å². The van der Waals surface area contributed by atoms with Crippen molar-refractivity contribution in [2.24, 2.45) is 0 Å². The van der Waals surface area contributed by atoms with Crippen molar-refractivity contribution >= 4 is 28.9 Å². The Morgan fingerprint density at radius 2 is 2.38 bits per heavy atom. The van der Waals surface area contributed by atoms with E-state index in [1.807, 2.05) is 0 Å². The summed E-state index contributed by atoms with van der Waals surface area (Å²) in [6.07, 6.45) is 1.99. The highest BCUT2D eigenvalue weighted by atomic mass is 35.5. The average molecular weight is 315 g/mol. The molecule has 0 radical (unpaired) electrons. The molecule has 0 aliphatic carbocycles. The number of ether oxygens (including phenoxy) is 2. The number of amides is 1. The Morgan fingerprint density at radius 3 is 3.05 bits per heavy atom. The number of benzene rings is 1. The normalized spacial score (nSPS) is 17.7. The number of nitrogens with zero attached hydrogens (tertiary/aromatic N) is 1. The molecule has 1 fully saturated rings. The molecule has 1 atom stereocenters. The van der Waals surface area contributed by atoms with Gasteiger partial charge in [0.1, 0.15) is 11.6 Å². The summed E-state index contributed by atoms with van der Waals surface area (Å²) in [5, 5.41) is 13.3. The molecule has 1 aliphatic rings. The summed E-state index contributed by atoms with van der Waals surface area (Å²) in [6, 6.07) is 4.07. The zero-order valence-electron chi connectivity index (χ0n) is 11.2. The number of nitro groups is 1. The van der Waals surface area contributed by atoms with Gasteiger partial charge in [0.05, 0.1) is 17.6 Å². The minimum Gasteiger partial charge on any atom is -0.376 e. The second kappa shape index (κ2) is 7.35. The lowest BCUT2D eigenvalue weighted by Gasteiger charge is -2.10. The summed E-state index contributed by atoms with van der Waals surface area (Å²) in [6.45, 7) is 0.971. The van der Waals surface area contributed by atoms with Gasteiger partial charge < -0.3 is 14.8 Å². The molecule has 2 rings (SSSR count). The van der Waals surface area contributed by atoms with Gasteiger partial charge in [0.15, 0.2) is 0 Å². The second-order valence-corrected chi connectivity index (χ2v) is 5.03. The molecular formula is C13H15ClN2O5. The highest BCUT2D eigenvalue weighted by Crippen LogP contribution is 2.27. The maximum atomic E-state index is 11.7. The van der Waals surface area contributed by atoms with Gasteiger partial charge in [-0.1, -0.05) is 11.6 Å². The fraction of sp³-hybridized carbons (Fsp3) is 0.462. The van der Waals surface area contributed by atoms with Crippen molar-refractivity contribution in [1.82, 2.24) is 0 Å². The fourth-order valence-electron chi connectivity index (χ4n) is 1.99. The first-order chi connectivity index (χ1) is 10.1. The van der Waals surface area contributed by atoms with E-state index in [-0.39, 0.29) is 29.3 Å². The van der Waals surface area contributed by atoms with Gasteiger partial charge in [-0.05, 0) is 25.0 Å². The van der Waals surface area contributed by atoms with E-state index in [1.54, 1.807) is 0 Å². The van der Waals surface area contributed by atoms with Crippen LogP contribution < -0.4 is 5.32 Å². The van der Waals surface area contributed by atoms with Crippen molar-refractivity contribution in [2.75, 3.05) is 25.1 Å². The molecule has 1 saturated heterocycles. The van der Waals surface area contributed by atoms with Gasteiger partial charge in [0, 0.05) is 18.4 Å². The molecule has 1 aromatic carbocycles. The van der Waals surface area contributed by atoms with E-state index in [2.05, 4.69) is 5.32 Å². The molecule has 7 nitrogen and oxygen atoms in total. The topological polar surface area (TPSA) is 90.7 Å². The monoisotopic (exact) mass is 314 g/mol. The van der Waals surface area contributed by atoms with E-state index in [1.165, 1.54) is 18.2 Å². The standard InChI is InChI=1S/C13H15ClN2O5/c14-11-4-3-9(6-12(11)16(18)19)15-13(17)8-20-7-10-2-1-5-21-10/h3-4,6,10H,1-2,5,7-8H2,(H,15,17). The van der Waals surface area contributed by atoms with Gasteiger partial charge in [0.25, 0.3) is 5.69 Å². The van der Waals surface area contributed by atoms with Crippen LogP contribution in [0.15, 0.2) is 18.2 Å². The third-order valence-corrected chi connectivity index (χ3v) is 3.31. The van der Waals surface area contributed by atoms with Crippen LogP contribution in [0.5, 0.6) is 0 Å². The van der Waals surface area contributed by atoms with Crippen LogP contribution in [0.25, 0.3) is 0 Å². The number of carbonyl (C=O) groups is 1. The Labute approximate surface area is 126 Å². The number of nitro benzene ring substituents is 1. The van der Waals surface area contributed by atoms with Crippen LogP contribution in [0.3, 0.4) is 0 Å². The van der Waals surface area contributed by atoms with Crippen molar-refractivity contribution in [1.29, 1.82) is 0 Å². The summed E-state index contributed by atoms with van der Waals surface area (Å²) in [5.41, 5.74) is 0.0477. The summed E-state index contributed by atoms with van der Waals surface area (Å²) in [5.74, 6) is -0.385. The molecule has 1 heterocycles. The van der Waals surface area contributed by atoms with Gasteiger partial charge >= 0.3 is 0 Å². The zero-order valence-corrected chi connectivity index (χ0v) is 12.0. The van der Waals surface area contributed by atoms with Crippen LogP contribution in [-0.2, 0) is 14.3 Å². The molecule has 1 aromatic rings. The lowest BCUT2D eigenvalue weighted by Crippen LogP contribution is -2.22. The van der Waals surface area contributed by atoms with Gasteiger partial charge in [-0.15, -0.1) is 0 Å². The molecule has 1 unspecified atom stereocenters. The molecule has 0 bridgehead atoms. The molecule has 1 aliphatic heterocycles. The molecule has 114 valence electrons. The lowest BCUT2D eigenvalue weighted by atomic mass is 10.2. The van der Waals surface area contributed by atoms with Crippen molar-refractivity contribution in [3.8, 4) is 0 Å². The van der Waals surface area contributed by atoms with Crippen LogP contribution >= 0.6 is 11.6 Å². The number of anilines is 1. The van der Waals surface area contributed by atoms with Crippen LogP contribution in [-0.4, -0.2) is 36.8 Å². The third kappa shape index (κ3) is 4.66. The molecular weight excluding hydrogens is 300 g/mol. The van der Waals surface area contributed by atoms with E-state index in [4.69, 9.17) is 21.1 Å². The largest absolute Gasteiger partial charge is 0.376 e. The van der Waals surface area contributed by atoms with Crippen LogP contribution in [0.1, 0.15) is 12.8 Å². The number of halogens is 1. The predicted octanol–water partition coefficient (Wildman–Crippen LogP) is 2.38. The first kappa shape index (κ1) is 15.7. The SMILES string of the molecule is O=C(COCC1CCCO1)Nc1ccc(Cl)c([N+](=O)[O-])c1. The third-order valence-electron chi connectivity index (χ3n) is 2.99. The zero-order chi connectivity index (χ0) is 15.2. The van der Waals surface area contributed by atoms with E-state index in [0.717, 1.165) is 19.4 Å². The molecule has 0 aromatic heterocycles. The lowest BCUT2D eigenvalue weighted by molar-refractivity contribution is -0.384. The molecule has 21 heavy (non-hydrogen) atoms.